The van der Waals surface area contributed by atoms with E-state index in [2.05, 4.69) is 26.7 Å². The van der Waals surface area contributed by atoms with E-state index in [4.69, 9.17) is 4.74 Å². The Morgan fingerprint density at radius 3 is 2.42 bits per heavy atom. The van der Waals surface area contributed by atoms with E-state index in [1.807, 2.05) is 59.5 Å². The Morgan fingerprint density at radius 1 is 0.939 bits per heavy atom. The fraction of sp³-hybridized carbons (Fsp3) is 0.296. The van der Waals surface area contributed by atoms with E-state index >= 15 is 0 Å². The Bertz CT molecular complexity index is 1160. The van der Waals surface area contributed by atoms with Crippen LogP contribution < -0.4 is 9.64 Å². The third-order valence-corrected chi connectivity index (χ3v) is 5.93. The number of anilines is 1. The first kappa shape index (κ1) is 21.0. The zero-order valence-electron chi connectivity index (χ0n) is 18.5. The van der Waals surface area contributed by atoms with Crippen LogP contribution in [0.2, 0.25) is 0 Å². The largest absolute Gasteiger partial charge is 0.492 e. The molecule has 2 aromatic heterocycles. The standard InChI is InChI=1S/C27H26N4O2/c32-27(31-17-15-30(16-18-31)26-6-2-4-14-29-26)23-10-12-25(33-20-21-7-8-21)22(19-23)9-11-24-5-1-3-13-28-24/h1-6,10,12-14,19,21H,7-8,15-18,20H2. The third-order valence-electron chi connectivity index (χ3n) is 5.93. The highest BCUT2D eigenvalue weighted by molar-refractivity contribution is 5.95. The molecule has 3 aromatic rings. The molecule has 0 spiro atoms. The first-order valence-electron chi connectivity index (χ1n) is 11.4. The molecule has 5 rings (SSSR count). The lowest BCUT2D eigenvalue weighted by atomic mass is 10.1. The Labute approximate surface area is 194 Å². The van der Waals surface area contributed by atoms with Gasteiger partial charge in [0.1, 0.15) is 17.3 Å². The van der Waals surface area contributed by atoms with Gasteiger partial charge >= 0.3 is 0 Å². The number of nitrogens with zero attached hydrogens (tertiary/aromatic N) is 4. The zero-order valence-corrected chi connectivity index (χ0v) is 18.5. The lowest BCUT2D eigenvalue weighted by molar-refractivity contribution is 0.0746. The first-order chi connectivity index (χ1) is 16.3. The molecule has 1 aromatic carbocycles. The maximum absolute atomic E-state index is 13.2. The average Bonchev–Trinajstić information content (AvgIpc) is 3.72. The molecule has 2 fully saturated rings. The van der Waals surface area contributed by atoms with E-state index < -0.39 is 0 Å². The van der Waals surface area contributed by atoms with Gasteiger partial charge in [0.2, 0.25) is 0 Å². The lowest BCUT2D eigenvalue weighted by Gasteiger charge is -2.35. The number of piperazine rings is 1. The molecule has 3 heterocycles. The maximum Gasteiger partial charge on any atom is 0.254 e. The molecule has 1 aliphatic heterocycles. The maximum atomic E-state index is 13.2. The zero-order chi connectivity index (χ0) is 22.5. The Kier molecular flexibility index (Phi) is 6.21. The van der Waals surface area contributed by atoms with Gasteiger partial charge in [0, 0.05) is 44.1 Å². The first-order valence-corrected chi connectivity index (χ1v) is 11.4. The fourth-order valence-corrected chi connectivity index (χ4v) is 3.81. The van der Waals surface area contributed by atoms with Crippen LogP contribution in [-0.4, -0.2) is 53.6 Å². The van der Waals surface area contributed by atoms with Crippen LogP contribution in [0.3, 0.4) is 0 Å². The van der Waals surface area contributed by atoms with Crippen LogP contribution in [0.5, 0.6) is 5.75 Å². The summed E-state index contributed by atoms with van der Waals surface area (Å²) >= 11 is 0. The number of rotatable bonds is 5. The number of amides is 1. The molecule has 1 saturated heterocycles. The third kappa shape index (κ3) is 5.32. The summed E-state index contributed by atoms with van der Waals surface area (Å²) in [7, 11) is 0. The van der Waals surface area contributed by atoms with Gasteiger partial charge in [-0.15, -0.1) is 0 Å². The number of carbonyl (C=O) groups excluding carboxylic acids is 1. The van der Waals surface area contributed by atoms with Crippen LogP contribution in [-0.2, 0) is 0 Å². The molecule has 6 heteroatoms. The van der Waals surface area contributed by atoms with Gasteiger partial charge in [-0.2, -0.15) is 0 Å². The van der Waals surface area contributed by atoms with Crippen molar-refractivity contribution in [2.45, 2.75) is 12.8 Å². The molecule has 2 aliphatic rings. The van der Waals surface area contributed by atoms with Gasteiger partial charge in [-0.3, -0.25) is 4.79 Å². The molecule has 0 unspecified atom stereocenters. The molecular formula is C27H26N4O2. The summed E-state index contributed by atoms with van der Waals surface area (Å²) in [6, 6.07) is 17.1. The predicted octanol–water partition coefficient (Wildman–Crippen LogP) is 3.63. The molecule has 1 saturated carbocycles. The second-order valence-electron chi connectivity index (χ2n) is 8.40. The minimum atomic E-state index is 0.0188. The van der Waals surface area contributed by atoms with E-state index in [0.29, 0.717) is 36.9 Å². The molecule has 0 radical (unpaired) electrons. The molecule has 33 heavy (non-hydrogen) atoms. The van der Waals surface area contributed by atoms with E-state index in [-0.39, 0.29) is 5.91 Å². The highest BCUT2D eigenvalue weighted by Crippen LogP contribution is 2.30. The monoisotopic (exact) mass is 438 g/mol. The molecule has 6 nitrogen and oxygen atoms in total. The molecular weight excluding hydrogens is 412 g/mol. The van der Waals surface area contributed by atoms with Gasteiger partial charge in [-0.25, -0.2) is 9.97 Å². The van der Waals surface area contributed by atoms with Crippen molar-refractivity contribution in [2.24, 2.45) is 5.92 Å². The summed E-state index contributed by atoms with van der Waals surface area (Å²) in [5.41, 5.74) is 2.04. The molecule has 1 aliphatic carbocycles. The van der Waals surface area contributed by atoms with Crippen molar-refractivity contribution >= 4 is 11.7 Å². The molecule has 0 N–H and O–H groups in total. The number of hydrogen-bond donors (Lipinski definition) is 0. The van der Waals surface area contributed by atoms with Gasteiger partial charge in [0.05, 0.1) is 12.2 Å². The number of ether oxygens (including phenoxy) is 1. The van der Waals surface area contributed by atoms with Crippen molar-refractivity contribution < 1.29 is 9.53 Å². The van der Waals surface area contributed by atoms with E-state index in [1.165, 1.54) is 12.8 Å². The fourth-order valence-electron chi connectivity index (χ4n) is 3.81. The van der Waals surface area contributed by atoms with Gasteiger partial charge in [-0.05, 0) is 67.1 Å². The number of hydrogen-bond acceptors (Lipinski definition) is 5. The van der Waals surface area contributed by atoms with Gasteiger partial charge in [0.25, 0.3) is 5.91 Å². The highest BCUT2D eigenvalue weighted by Gasteiger charge is 2.25. The van der Waals surface area contributed by atoms with Crippen molar-refractivity contribution in [1.82, 2.24) is 14.9 Å². The van der Waals surface area contributed by atoms with E-state index in [9.17, 15) is 4.79 Å². The number of benzene rings is 1. The SMILES string of the molecule is O=C(c1ccc(OCC2CC2)c(C#Cc2ccccn2)c1)N1CCN(c2ccccn2)CC1. The summed E-state index contributed by atoms with van der Waals surface area (Å²) in [6.45, 7) is 3.53. The van der Waals surface area contributed by atoms with Crippen LogP contribution in [0.25, 0.3) is 0 Å². The summed E-state index contributed by atoms with van der Waals surface area (Å²) < 4.78 is 6.03. The summed E-state index contributed by atoms with van der Waals surface area (Å²) in [4.78, 5) is 26.0. The van der Waals surface area contributed by atoms with Crippen molar-refractivity contribution in [3.05, 3.63) is 83.8 Å². The van der Waals surface area contributed by atoms with E-state index in [1.54, 1.807) is 12.4 Å². The summed E-state index contributed by atoms with van der Waals surface area (Å²) in [6.07, 6.45) is 5.96. The van der Waals surface area contributed by atoms with Crippen LogP contribution in [0.4, 0.5) is 5.82 Å². The summed E-state index contributed by atoms with van der Waals surface area (Å²) in [5, 5.41) is 0. The van der Waals surface area contributed by atoms with Gasteiger partial charge in [-0.1, -0.05) is 18.1 Å². The highest BCUT2D eigenvalue weighted by atomic mass is 16.5. The average molecular weight is 439 g/mol. The molecule has 1 amide bonds. The Morgan fingerprint density at radius 2 is 1.73 bits per heavy atom. The van der Waals surface area contributed by atoms with Gasteiger partial charge in [0.15, 0.2) is 0 Å². The van der Waals surface area contributed by atoms with E-state index in [0.717, 1.165) is 30.2 Å². The second-order valence-corrected chi connectivity index (χ2v) is 8.40. The van der Waals surface area contributed by atoms with Crippen molar-refractivity contribution in [3.8, 4) is 17.6 Å². The Hall–Kier alpha value is -3.85. The normalized spacial score (nSPS) is 15.5. The minimum Gasteiger partial charge on any atom is -0.492 e. The number of aromatic nitrogens is 2. The number of pyridine rings is 2. The van der Waals surface area contributed by atoms with Crippen LogP contribution in [0.15, 0.2) is 67.0 Å². The molecule has 166 valence electrons. The van der Waals surface area contributed by atoms with Crippen LogP contribution in [0.1, 0.15) is 34.5 Å². The molecule has 0 bridgehead atoms. The summed E-state index contributed by atoms with van der Waals surface area (Å²) in [5.74, 6) is 8.60. The minimum absolute atomic E-state index is 0.0188. The van der Waals surface area contributed by atoms with Crippen molar-refractivity contribution in [1.29, 1.82) is 0 Å². The molecule has 0 atom stereocenters. The number of carbonyl (C=O) groups is 1. The Balaban J connectivity index is 1.32. The quantitative estimate of drug-likeness (QED) is 0.570. The van der Waals surface area contributed by atoms with Crippen LogP contribution >= 0.6 is 0 Å². The topological polar surface area (TPSA) is 58.6 Å². The van der Waals surface area contributed by atoms with Crippen molar-refractivity contribution in [3.63, 3.8) is 0 Å². The smallest absolute Gasteiger partial charge is 0.254 e. The predicted molar refractivity (Wildman–Crippen MR) is 127 cm³/mol. The van der Waals surface area contributed by atoms with Gasteiger partial charge < -0.3 is 14.5 Å². The van der Waals surface area contributed by atoms with Crippen LogP contribution in [0, 0.1) is 17.8 Å². The van der Waals surface area contributed by atoms with Crippen molar-refractivity contribution in [2.75, 3.05) is 37.7 Å². The second kappa shape index (κ2) is 9.74. The lowest BCUT2D eigenvalue weighted by Crippen LogP contribution is -2.49.